The standard InChI is InChI=1S/C22H27N5O4/c1-2-31-20-6-4-3-5-19(20)25-11-13-26(14-12-25)22(28)18-15-23-24-21(18)16-7-9-17(10-8-16)27(29)30/h3-10,18,21,23-24H,2,11-15H2,1H3. The number of non-ortho nitro benzene ring substituents is 1. The maximum Gasteiger partial charge on any atom is 0.269 e. The van der Waals surface area contributed by atoms with Gasteiger partial charge in [-0.2, -0.15) is 0 Å². The maximum absolute atomic E-state index is 13.3. The number of nitro benzene ring substituents is 1. The largest absolute Gasteiger partial charge is 0.492 e. The second kappa shape index (κ2) is 9.32. The summed E-state index contributed by atoms with van der Waals surface area (Å²) in [6.07, 6.45) is 0. The Labute approximate surface area is 181 Å². The molecule has 2 aromatic rings. The quantitative estimate of drug-likeness (QED) is 0.540. The van der Waals surface area contributed by atoms with Gasteiger partial charge < -0.3 is 14.5 Å². The van der Waals surface area contributed by atoms with E-state index in [0.717, 1.165) is 30.1 Å². The molecule has 2 aliphatic heterocycles. The topological polar surface area (TPSA) is 100.0 Å². The van der Waals surface area contributed by atoms with Crippen molar-refractivity contribution < 1.29 is 14.5 Å². The van der Waals surface area contributed by atoms with Crippen molar-refractivity contribution in [3.63, 3.8) is 0 Å². The summed E-state index contributed by atoms with van der Waals surface area (Å²) in [4.78, 5) is 27.9. The van der Waals surface area contributed by atoms with Crippen LogP contribution >= 0.6 is 0 Å². The smallest absolute Gasteiger partial charge is 0.269 e. The molecule has 0 radical (unpaired) electrons. The zero-order valence-electron chi connectivity index (χ0n) is 17.5. The Kier molecular flexibility index (Phi) is 6.34. The monoisotopic (exact) mass is 425 g/mol. The van der Waals surface area contributed by atoms with Crippen LogP contribution < -0.4 is 20.5 Å². The first-order chi connectivity index (χ1) is 15.1. The van der Waals surface area contributed by atoms with Gasteiger partial charge in [-0.15, -0.1) is 0 Å². The van der Waals surface area contributed by atoms with E-state index in [4.69, 9.17) is 4.74 Å². The third-order valence-corrected chi connectivity index (χ3v) is 5.86. The fourth-order valence-electron chi connectivity index (χ4n) is 4.24. The van der Waals surface area contributed by atoms with Gasteiger partial charge in [-0.3, -0.25) is 20.3 Å². The van der Waals surface area contributed by atoms with Crippen LogP contribution in [0.15, 0.2) is 48.5 Å². The van der Waals surface area contributed by atoms with E-state index in [2.05, 4.69) is 21.8 Å². The highest BCUT2D eigenvalue weighted by Crippen LogP contribution is 2.31. The average Bonchev–Trinajstić information content (AvgIpc) is 3.29. The van der Waals surface area contributed by atoms with E-state index < -0.39 is 4.92 Å². The first kappa shape index (κ1) is 21.1. The number of piperazine rings is 1. The third-order valence-electron chi connectivity index (χ3n) is 5.86. The molecule has 0 saturated carbocycles. The van der Waals surface area contributed by atoms with E-state index in [-0.39, 0.29) is 23.6 Å². The number of ether oxygens (including phenoxy) is 1. The summed E-state index contributed by atoms with van der Waals surface area (Å²) in [5, 5.41) is 10.9. The van der Waals surface area contributed by atoms with Crippen LogP contribution in [0.3, 0.4) is 0 Å². The van der Waals surface area contributed by atoms with Crippen LogP contribution in [0.2, 0.25) is 0 Å². The Hall–Kier alpha value is -3.17. The molecule has 1 amide bonds. The molecular formula is C22H27N5O4. The van der Waals surface area contributed by atoms with Crippen molar-refractivity contribution in [1.82, 2.24) is 15.8 Å². The van der Waals surface area contributed by atoms with Crippen molar-refractivity contribution in [2.24, 2.45) is 5.92 Å². The Morgan fingerprint density at radius 2 is 1.84 bits per heavy atom. The van der Waals surface area contributed by atoms with E-state index in [9.17, 15) is 14.9 Å². The highest BCUT2D eigenvalue weighted by atomic mass is 16.6. The van der Waals surface area contributed by atoms with Gasteiger partial charge in [0.1, 0.15) is 5.75 Å². The molecule has 0 bridgehead atoms. The summed E-state index contributed by atoms with van der Waals surface area (Å²) in [7, 11) is 0. The molecule has 2 atom stereocenters. The molecule has 2 unspecified atom stereocenters. The van der Waals surface area contributed by atoms with Gasteiger partial charge in [-0.1, -0.05) is 24.3 Å². The molecular weight excluding hydrogens is 398 g/mol. The lowest BCUT2D eigenvalue weighted by Gasteiger charge is -2.38. The summed E-state index contributed by atoms with van der Waals surface area (Å²) in [5.74, 6) is 0.703. The van der Waals surface area contributed by atoms with Crippen molar-refractivity contribution in [2.45, 2.75) is 13.0 Å². The number of hydrogen-bond acceptors (Lipinski definition) is 7. The van der Waals surface area contributed by atoms with Crippen LogP contribution in [-0.4, -0.2) is 55.1 Å². The van der Waals surface area contributed by atoms with Gasteiger partial charge in [0.25, 0.3) is 5.69 Å². The Balaban J connectivity index is 1.40. The minimum absolute atomic E-state index is 0.0426. The molecule has 9 nitrogen and oxygen atoms in total. The molecule has 2 fully saturated rings. The predicted octanol–water partition coefficient (Wildman–Crippen LogP) is 2.11. The number of hydrogen-bond donors (Lipinski definition) is 2. The lowest BCUT2D eigenvalue weighted by atomic mass is 9.93. The molecule has 2 aliphatic rings. The number of nitrogens with one attached hydrogen (secondary N) is 2. The molecule has 2 saturated heterocycles. The Morgan fingerprint density at radius 1 is 1.13 bits per heavy atom. The number of amides is 1. The number of rotatable bonds is 6. The second-order valence-corrected chi connectivity index (χ2v) is 7.67. The normalized spacial score (nSPS) is 21.2. The van der Waals surface area contributed by atoms with Gasteiger partial charge >= 0.3 is 0 Å². The lowest BCUT2D eigenvalue weighted by molar-refractivity contribution is -0.384. The molecule has 0 aliphatic carbocycles. The van der Waals surface area contributed by atoms with Crippen LogP contribution in [-0.2, 0) is 4.79 Å². The number of nitrogens with zero attached hydrogens (tertiary/aromatic N) is 3. The minimum Gasteiger partial charge on any atom is -0.492 e. The zero-order valence-corrected chi connectivity index (χ0v) is 17.5. The number of carbonyl (C=O) groups is 1. The van der Waals surface area contributed by atoms with Crippen LogP contribution in [0.1, 0.15) is 18.5 Å². The van der Waals surface area contributed by atoms with Crippen LogP contribution in [0.25, 0.3) is 0 Å². The van der Waals surface area contributed by atoms with Crippen LogP contribution in [0.4, 0.5) is 11.4 Å². The predicted molar refractivity (Wildman–Crippen MR) is 117 cm³/mol. The maximum atomic E-state index is 13.3. The highest BCUT2D eigenvalue weighted by Gasteiger charge is 2.37. The minimum atomic E-state index is -0.421. The Bertz CT molecular complexity index is 928. The van der Waals surface area contributed by atoms with E-state index in [0.29, 0.717) is 26.2 Å². The molecule has 31 heavy (non-hydrogen) atoms. The van der Waals surface area contributed by atoms with Gasteiger partial charge in [-0.05, 0) is 24.6 Å². The van der Waals surface area contributed by atoms with E-state index in [1.54, 1.807) is 12.1 Å². The molecule has 2 N–H and O–H groups in total. The SMILES string of the molecule is CCOc1ccccc1N1CCN(C(=O)C2CNNC2c2ccc([N+](=O)[O-])cc2)CC1. The van der Waals surface area contributed by atoms with Gasteiger partial charge in [0.2, 0.25) is 5.91 Å². The van der Waals surface area contributed by atoms with Crippen molar-refractivity contribution >= 4 is 17.3 Å². The van der Waals surface area contributed by atoms with Gasteiger partial charge in [0.05, 0.1) is 29.2 Å². The third kappa shape index (κ3) is 4.47. The summed E-state index contributed by atoms with van der Waals surface area (Å²) >= 11 is 0. The van der Waals surface area contributed by atoms with E-state index in [1.165, 1.54) is 12.1 Å². The number of hydrazine groups is 1. The van der Waals surface area contributed by atoms with Gasteiger partial charge in [0.15, 0.2) is 0 Å². The summed E-state index contributed by atoms with van der Waals surface area (Å²) in [6, 6.07) is 14.2. The van der Waals surface area contributed by atoms with Crippen LogP contribution in [0.5, 0.6) is 5.75 Å². The highest BCUT2D eigenvalue weighted by molar-refractivity contribution is 5.81. The van der Waals surface area contributed by atoms with E-state index >= 15 is 0 Å². The molecule has 9 heteroatoms. The molecule has 164 valence electrons. The summed E-state index contributed by atoms with van der Waals surface area (Å²) in [6.45, 7) is 5.87. The fraction of sp³-hybridized carbons (Fsp3) is 0.409. The van der Waals surface area contributed by atoms with Crippen molar-refractivity contribution in [3.05, 3.63) is 64.2 Å². The van der Waals surface area contributed by atoms with Crippen molar-refractivity contribution in [1.29, 1.82) is 0 Å². The van der Waals surface area contributed by atoms with E-state index in [1.807, 2.05) is 30.0 Å². The van der Waals surface area contributed by atoms with Crippen molar-refractivity contribution in [2.75, 3.05) is 44.2 Å². The Morgan fingerprint density at radius 3 is 2.52 bits per heavy atom. The van der Waals surface area contributed by atoms with Crippen molar-refractivity contribution in [3.8, 4) is 5.75 Å². The molecule has 4 rings (SSSR count). The first-order valence-electron chi connectivity index (χ1n) is 10.6. The summed E-state index contributed by atoms with van der Waals surface area (Å²) < 4.78 is 5.75. The fourth-order valence-corrected chi connectivity index (χ4v) is 4.24. The lowest BCUT2D eigenvalue weighted by Crippen LogP contribution is -2.51. The van der Waals surface area contributed by atoms with Gasteiger partial charge in [-0.25, -0.2) is 5.43 Å². The first-order valence-corrected chi connectivity index (χ1v) is 10.6. The number of nitro groups is 1. The number of carbonyl (C=O) groups excluding carboxylic acids is 1. The molecule has 2 aromatic carbocycles. The number of benzene rings is 2. The zero-order chi connectivity index (χ0) is 21.8. The molecule has 0 spiro atoms. The molecule has 0 aromatic heterocycles. The number of para-hydroxylation sites is 2. The number of anilines is 1. The second-order valence-electron chi connectivity index (χ2n) is 7.67. The molecule has 2 heterocycles. The average molecular weight is 425 g/mol. The van der Waals surface area contributed by atoms with Gasteiger partial charge in [0, 0.05) is 44.9 Å². The van der Waals surface area contributed by atoms with Crippen LogP contribution in [0, 0.1) is 16.0 Å². The summed E-state index contributed by atoms with van der Waals surface area (Å²) in [5.41, 5.74) is 8.19.